The molecule has 3 heteroatoms. The Morgan fingerprint density at radius 2 is 2.19 bits per heavy atom. The van der Waals surface area contributed by atoms with Gasteiger partial charge in [-0.15, -0.1) is 11.3 Å². The van der Waals surface area contributed by atoms with Crippen molar-refractivity contribution in [3.05, 3.63) is 45.9 Å². The summed E-state index contributed by atoms with van der Waals surface area (Å²) in [5.74, 6) is 0. The van der Waals surface area contributed by atoms with Crippen molar-refractivity contribution in [2.45, 2.75) is 20.3 Å². The van der Waals surface area contributed by atoms with Gasteiger partial charge < -0.3 is 5.32 Å². The van der Waals surface area contributed by atoms with Crippen LogP contribution in [0.1, 0.15) is 16.1 Å². The fourth-order valence-electron chi connectivity index (χ4n) is 1.69. The second-order valence-corrected chi connectivity index (χ2v) is 4.90. The van der Waals surface area contributed by atoms with Crippen molar-refractivity contribution in [3.63, 3.8) is 0 Å². The molecule has 0 atom stereocenters. The number of aromatic nitrogens is 1. The molecule has 0 spiro atoms. The molecule has 1 heterocycles. The Kier molecular flexibility index (Phi) is 3.57. The van der Waals surface area contributed by atoms with Gasteiger partial charge in [0.15, 0.2) is 0 Å². The largest absolute Gasteiger partial charge is 0.384 e. The number of aryl methyl sites for hydroxylation is 2. The molecule has 2 aromatic rings. The Morgan fingerprint density at radius 3 is 2.88 bits per heavy atom. The van der Waals surface area contributed by atoms with Crippen LogP contribution in [0, 0.1) is 13.8 Å². The van der Waals surface area contributed by atoms with E-state index in [0.29, 0.717) is 0 Å². The first-order valence-corrected chi connectivity index (χ1v) is 6.33. The molecule has 1 N–H and O–H groups in total. The van der Waals surface area contributed by atoms with Gasteiger partial charge in [0, 0.05) is 30.2 Å². The average molecular weight is 232 g/mol. The van der Waals surface area contributed by atoms with E-state index in [2.05, 4.69) is 42.3 Å². The molecule has 0 saturated heterocycles. The van der Waals surface area contributed by atoms with Crippen LogP contribution in [-0.4, -0.2) is 11.5 Å². The highest BCUT2D eigenvalue weighted by atomic mass is 32.1. The molecule has 0 amide bonds. The van der Waals surface area contributed by atoms with Crippen molar-refractivity contribution >= 4 is 17.0 Å². The Hall–Kier alpha value is -1.35. The molecule has 1 aromatic carbocycles. The molecular formula is C13H16N2S. The summed E-state index contributed by atoms with van der Waals surface area (Å²) in [7, 11) is 0. The zero-order valence-electron chi connectivity index (χ0n) is 9.66. The van der Waals surface area contributed by atoms with E-state index in [-0.39, 0.29) is 0 Å². The number of benzene rings is 1. The molecule has 0 radical (unpaired) electrons. The normalized spacial score (nSPS) is 10.4. The molecule has 0 aliphatic heterocycles. The summed E-state index contributed by atoms with van der Waals surface area (Å²) in [6.07, 6.45) is 2.85. The number of anilines is 1. The molecule has 0 bridgehead atoms. The predicted octanol–water partition coefficient (Wildman–Crippen LogP) is 3.41. The summed E-state index contributed by atoms with van der Waals surface area (Å²) in [6, 6.07) is 6.48. The van der Waals surface area contributed by atoms with Crippen molar-refractivity contribution in [2.75, 3.05) is 11.9 Å². The van der Waals surface area contributed by atoms with Crippen LogP contribution in [0.15, 0.2) is 29.8 Å². The second-order valence-electron chi connectivity index (χ2n) is 3.92. The zero-order valence-corrected chi connectivity index (χ0v) is 10.5. The van der Waals surface area contributed by atoms with Crippen molar-refractivity contribution < 1.29 is 0 Å². The van der Waals surface area contributed by atoms with Gasteiger partial charge in [-0.25, -0.2) is 4.98 Å². The predicted molar refractivity (Wildman–Crippen MR) is 70.2 cm³/mol. The monoisotopic (exact) mass is 232 g/mol. The van der Waals surface area contributed by atoms with E-state index in [4.69, 9.17) is 0 Å². The lowest BCUT2D eigenvalue weighted by Crippen LogP contribution is -2.05. The molecule has 84 valence electrons. The fraction of sp³-hybridized carbons (Fsp3) is 0.308. The zero-order chi connectivity index (χ0) is 11.4. The first-order chi connectivity index (χ1) is 7.75. The van der Waals surface area contributed by atoms with Gasteiger partial charge in [0.05, 0.1) is 5.01 Å². The van der Waals surface area contributed by atoms with Gasteiger partial charge in [-0.3, -0.25) is 0 Å². The van der Waals surface area contributed by atoms with Gasteiger partial charge in [-0.05, 0) is 25.5 Å². The fourth-order valence-corrected chi connectivity index (χ4v) is 2.31. The Labute approximate surface area is 100 Å². The van der Waals surface area contributed by atoms with Crippen LogP contribution in [0.3, 0.4) is 0 Å². The van der Waals surface area contributed by atoms with Crippen LogP contribution in [0.5, 0.6) is 0 Å². The van der Waals surface area contributed by atoms with E-state index in [9.17, 15) is 0 Å². The number of nitrogens with zero attached hydrogens (tertiary/aromatic N) is 1. The lowest BCUT2D eigenvalue weighted by Gasteiger charge is -2.09. The number of hydrogen-bond donors (Lipinski definition) is 1. The van der Waals surface area contributed by atoms with E-state index >= 15 is 0 Å². The Bertz CT molecular complexity index is 449. The first kappa shape index (κ1) is 11.1. The minimum atomic E-state index is 0.942. The second kappa shape index (κ2) is 5.12. The lowest BCUT2D eigenvalue weighted by atomic mass is 10.1. The third-order valence-electron chi connectivity index (χ3n) is 2.52. The Balaban J connectivity index is 1.90. The first-order valence-electron chi connectivity index (χ1n) is 5.45. The van der Waals surface area contributed by atoms with E-state index in [1.165, 1.54) is 21.8 Å². The van der Waals surface area contributed by atoms with E-state index < -0.39 is 0 Å². The Morgan fingerprint density at radius 1 is 1.31 bits per heavy atom. The molecule has 1 aromatic heterocycles. The average Bonchev–Trinajstić information content (AvgIpc) is 2.74. The maximum absolute atomic E-state index is 4.26. The van der Waals surface area contributed by atoms with Crippen LogP contribution in [0.2, 0.25) is 0 Å². The maximum atomic E-state index is 4.26. The van der Waals surface area contributed by atoms with E-state index in [1.54, 1.807) is 11.3 Å². The highest BCUT2D eigenvalue weighted by Crippen LogP contribution is 2.16. The van der Waals surface area contributed by atoms with E-state index in [1.807, 2.05) is 11.6 Å². The molecule has 0 fully saturated rings. The van der Waals surface area contributed by atoms with Gasteiger partial charge in [0.25, 0.3) is 0 Å². The number of nitrogens with one attached hydrogen (secondary N) is 1. The molecule has 0 aliphatic carbocycles. The van der Waals surface area contributed by atoms with Crippen LogP contribution >= 0.6 is 11.3 Å². The van der Waals surface area contributed by atoms with Crippen molar-refractivity contribution in [1.82, 2.24) is 4.98 Å². The van der Waals surface area contributed by atoms with Crippen LogP contribution < -0.4 is 5.32 Å². The number of thiazole rings is 1. The summed E-state index contributed by atoms with van der Waals surface area (Å²) >= 11 is 1.71. The van der Waals surface area contributed by atoms with Gasteiger partial charge in [-0.1, -0.05) is 17.7 Å². The van der Waals surface area contributed by atoms with Gasteiger partial charge in [0.1, 0.15) is 0 Å². The SMILES string of the molecule is Cc1ccc(NCCc2nccs2)c(C)c1. The highest BCUT2D eigenvalue weighted by Gasteiger charge is 1.99. The third kappa shape index (κ3) is 2.83. The standard InChI is InChI=1S/C13H16N2S/c1-10-3-4-12(11(2)9-10)14-6-5-13-15-7-8-16-13/h3-4,7-9,14H,5-6H2,1-2H3. The van der Waals surface area contributed by atoms with Crippen molar-refractivity contribution in [2.24, 2.45) is 0 Å². The smallest absolute Gasteiger partial charge is 0.0942 e. The molecule has 16 heavy (non-hydrogen) atoms. The minimum Gasteiger partial charge on any atom is -0.384 e. The number of rotatable bonds is 4. The maximum Gasteiger partial charge on any atom is 0.0942 e. The molecule has 2 nitrogen and oxygen atoms in total. The third-order valence-corrected chi connectivity index (χ3v) is 3.36. The summed E-state index contributed by atoms with van der Waals surface area (Å²) in [6.45, 7) is 5.20. The molecule has 0 aliphatic rings. The summed E-state index contributed by atoms with van der Waals surface area (Å²) in [5, 5.41) is 6.66. The van der Waals surface area contributed by atoms with Gasteiger partial charge >= 0.3 is 0 Å². The highest BCUT2D eigenvalue weighted by molar-refractivity contribution is 7.09. The summed E-state index contributed by atoms with van der Waals surface area (Å²) < 4.78 is 0. The van der Waals surface area contributed by atoms with Crippen LogP contribution in [-0.2, 0) is 6.42 Å². The lowest BCUT2D eigenvalue weighted by molar-refractivity contribution is 0.995. The van der Waals surface area contributed by atoms with Crippen LogP contribution in [0.4, 0.5) is 5.69 Å². The molecule has 2 rings (SSSR count). The van der Waals surface area contributed by atoms with Crippen LogP contribution in [0.25, 0.3) is 0 Å². The van der Waals surface area contributed by atoms with Crippen molar-refractivity contribution in [3.8, 4) is 0 Å². The summed E-state index contributed by atoms with van der Waals surface area (Å²) in [4.78, 5) is 4.26. The van der Waals surface area contributed by atoms with E-state index in [0.717, 1.165) is 13.0 Å². The molecule has 0 saturated carbocycles. The van der Waals surface area contributed by atoms with Gasteiger partial charge in [0.2, 0.25) is 0 Å². The van der Waals surface area contributed by atoms with Gasteiger partial charge in [-0.2, -0.15) is 0 Å². The summed E-state index contributed by atoms with van der Waals surface area (Å²) in [5.41, 5.74) is 3.84. The quantitative estimate of drug-likeness (QED) is 0.873. The topological polar surface area (TPSA) is 24.9 Å². The minimum absolute atomic E-state index is 0.942. The number of hydrogen-bond acceptors (Lipinski definition) is 3. The van der Waals surface area contributed by atoms with Crippen molar-refractivity contribution in [1.29, 1.82) is 0 Å². The molecule has 0 unspecified atom stereocenters. The molecular weight excluding hydrogens is 216 g/mol.